The van der Waals surface area contributed by atoms with Crippen molar-refractivity contribution in [2.24, 2.45) is 0 Å². The highest BCUT2D eigenvalue weighted by molar-refractivity contribution is 5.84. The summed E-state index contributed by atoms with van der Waals surface area (Å²) in [4.78, 5) is 12.1. The molecule has 2 heterocycles. The van der Waals surface area contributed by atoms with E-state index < -0.39 is 6.09 Å². The normalized spacial score (nSPS) is 26.0. The van der Waals surface area contributed by atoms with Gasteiger partial charge in [0.1, 0.15) is 12.2 Å². The Morgan fingerprint density at radius 2 is 1.68 bits per heavy atom. The van der Waals surface area contributed by atoms with Crippen LogP contribution in [0.3, 0.4) is 0 Å². The first-order valence-electron chi connectivity index (χ1n) is 9.83. The molecule has 0 saturated carbocycles. The molecule has 4 rings (SSSR count). The van der Waals surface area contributed by atoms with E-state index in [2.05, 4.69) is 34.9 Å². The summed E-state index contributed by atoms with van der Waals surface area (Å²) in [7, 11) is 0. The van der Waals surface area contributed by atoms with E-state index in [9.17, 15) is 4.79 Å². The van der Waals surface area contributed by atoms with Crippen molar-refractivity contribution >= 4 is 11.8 Å². The number of fused-ring (bicyclic) bond motifs is 1. The second-order valence-corrected chi connectivity index (χ2v) is 7.18. The SMILES string of the molecule is O=C(Nc1ccccc1)OC1COC2C(NCCCc3ccccc3)COC12. The first kappa shape index (κ1) is 18.9. The fourth-order valence-corrected chi connectivity index (χ4v) is 3.77. The van der Waals surface area contributed by atoms with Crippen molar-refractivity contribution in [2.45, 2.75) is 37.2 Å². The minimum absolute atomic E-state index is 0.0775. The first-order chi connectivity index (χ1) is 13.8. The number of rotatable bonds is 7. The molecule has 2 aliphatic rings. The van der Waals surface area contributed by atoms with Crippen molar-refractivity contribution in [1.29, 1.82) is 0 Å². The molecule has 2 N–H and O–H groups in total. The van der Waals surface area contributed by atoms with Gasteiger partial charge in [-0.25, -0.2) is 4.79 Å². The molecule has 2 aromatic carbocycles. The summed E-state index contributed by atoms with van der Waals surface area (Å²) in [6.45, 7) is 1.83. The van der Waals surface area contributed by atoms with Gasteiger partial charge in [0, 0.05) is 5.69 Å². The summed E-state index contributed by atoms with van der Waals surface area (Å²) in [5.41, 5.74) is 2.05. The lowest BCUT2D eigenvalue weighted by Gasteiger charge is -2.18. The van der Waals surface area contributed by atoms with Crippen LogP contribution in [0.5, 0.6) is 0 Å². The van der Waals surface area contributed by atoms with Crippen molar-refractivity contribution in [3.05, 3.63) is 66.2 Å². The molecule has 6 heteroatoms. The van der Waals surface area contributed by atoms with E-state index in [1.165, 1.54) is 5.56 Å². The predicted octanol–water partition coefficient (Wildman–Crippen LogP) is 2.99. The number of nitrogens with one attached hydrogen (secondary N) is 2. The molecule has 0 radical (unpaired) electrons. The molecule has 0 bridgehead atoms. The number of anilines is 1. The standard InChI is InChI=1S/C22H26N2O4/c25-22(24-17-11-5-2-6-12-17)28-19-15-27-20-18(14-26-21(19)20)23-13-7-10-16-8-3-1-4-9-16/h1-6,8-9,11-12,18-21,23H,7,10,13-15H2,(H,24,25). The Hall–Kier alpha value is -2.41. The van der Waals surface area contributed by atoms with E-state index in [1.807, 2.05) is 36.4 Å². The molecule has 148 valence electrons. The Morgan fingerprint density at radius 3 is 2.46 bits per heavy atom. The minimum Gasteiger partial charge on any atom is -0.441 e. The number of carbonyl (C=O) groups excluding carboxylic acids is 1. The number of aryl methyl sites for hydroxylation is 1. The van der Waals surface area contributed by atoms with Crippen molar-refractivity contribution < 1.29 is 19.0 Å². The highest BCUT2D eigenvalue weighted by atomic mass is 16.6. The van der Waals surface area contributed by atoms with Crippen LogP contribution in [0.15, 0.2) is 60.7 Å². The Balaban J connectivity index is 1.20. The molecule has 4 atom stereocenters. The number of hydrogen-bond acceptors (Lipinski definition) is 5. The van der Waals surface area contributed by atoms with Crippen molar-refractivity contribution in [1.82, 2.24) is 5.32 Å². The molecule has 0 aromatic heterocycles. The molecule has 4 unspecified atom stereocenters. The third-order valence-corrected chi connectivity index (χ3v) is 5.18. The molecule has 0 spiro atoms. The lowest BCUT2D eigenvalue weighted by molar-refractivity contribution is 0.00857. The lowest BCUT2D eigenvalue weighted by atomic mass is 10.1. The van der Waals surface area contributed by atoms with Crippen molar-refractivity contribution in [2.75, 3.05) is 25.1 Å². The van der Waals surface area contributed by atoms with E-state index in [-0.39, 0.29) is 24.4 Å². The number of para-hydroxylation sites is 1. The molecule has 28 heavy (non-hydrogen) atoms. The number of hydrogen-bond donors (Lipinski definition) is 2. The second-order valence-electron chi connectivity index (χ2n) is 7.18. The minimum atomic E-state index is -0.483. The zero-order valence-electron chi connectivity index (χ0n) is 15.8. The zero-order valence-corrected chi connectivity index (χ0v) is 15.8. The Morgan fingerprint density at radius 1 is 0.964 bits per heavy atom. The third-order valence-electron chi connectivity index (χ3n) is 5.18. The highest BCUT2D eigenvalue weighted by Gasteiger charge is 2.49. The van der Waals surface area contributed by atoms with Crippen LogP contribution in [-0.2, 0) is 20.6 Å². The molecule has 2 aromatic rings. The third kappa shape index (κ3) is 4.70. The molecule has 1 amide bonds. The van der Waals surface area contributed by atoms with Crippen LogP contribution in [0.25, 0.3) is 0 Å². The van der Waals surface area contributed by atoms with Crippen LogP contribution < -0.4 is 10.6 Å². The number of carbonyl (C=O) groups is 1. The molecular weight excluding hydrogens is 356 g/mol. The zero-order chi connectivity index (χ0) is 19.2. The first-order valence-corrected chi connectivity index (χ1v) is 9.83. The highest BCUT2D eigenvalue weighted by Crippen LogP contribution is 2.29. The molecule has 0 aliphatic carbocycles. The van der Waals surface area contributed by atoms with E-state index in [0.717, 1.165) is 19.4 Å². The van der Waals surface area contributed by atoms with Gasteiger partial charge in [-0.05, 0) is 37.1 Å². The topological polar surface area (TPSA) is 68.8 Å². The smallest absolute Gasteiger partial charge is 0.412 e. The van der Waals surface area contributed by atoms with Crippen LogP contribution >= 0.6 is 0 Å². The van der Waals surface area contributed by atoms with Gasteiger partial charge in [0.2, 0.25) is 0 Å². The van der Waals surface area contributed by atoms with Gasteiger partial charge in [0.15, 0.2) is 6.10 Å². The summed E-state index contributed by atoms with van der Waals surface area (Å²) in [5, 5.41) is 6.26. The van der Waals surface area contributed by atoms with Crippen LogP contribution in [-0.4, -0.2) is 50.2 Å². The van der Waals surface area contributed by atoms with Gasteiger partial charge in [-0.1, -0.05) is 48.5 Å². The summed E-state index contributed by atoms with van der Waals surface area (Å²) in [5.74, 6) is 0. The van der Waals surface area contributed by atoms with Gasteiger partial charge in [0.05, 0.1) is 19.3 Å². The van der Waals surface area contributed by atoms with Crippen LogP contribution in [0.1, 0.15) is 12.0 Å². The fraction of sp³-hybridized carbons (Fsp3) is 0.409. The quantitative estimate of drug-likeness (QED) is 0.721. The largest absolute Gasteiger partial charge is 0.441 e. The maximum atomic E-state index is 12.1. The van der Waals surface area contributed by atoms with Gasteiger partial charge in [-0.2, -0.15) is 0 Å². The summed E-state index contributed by atoms with van der Waals surface area (Å²) < 4.78 is 17.3. The van der Waals surface area contributed by atoms with Gasteiger partial charge in [0.25, 0.3) is 0 Å². The van der Waals surface area contributed by atoms with Crippen LogP contribution in [0, 0.1) is 0 Å². The maximum Gasteiger partial charge on any atom is 0.412 e. The Labute approximate surface area is 165 Å². The van der Waals surface area contributed by atoms with Crippen LogP contribution in [0.2, 0.25) is 0 Å². The van der Waals surface area contributed by atoms with Gasteiger partial charge in [-0.3, -0.25) is 5.32 Å². The van der Waals surface area contributed by atoms with E-state index in [0.29, 0.717) is 18.9 Å². The number of ether oxygens (including phenoxy) is 3. The summed E-state index contributed by atoms with van der Waals surface area (Å²) in [6, 6.07) is 19.8. The van der Waals surface area contributed by atoms with Gasteiger partial charge < -0.3 is 19.5 Å². The van der Waals surface area contributed by atoms with E-state index in [1.54, 1.807) is 0 Å². The Kier molecular flexibility index (Phi) is 6.21. The Bertz CT molecular complexity index is 756. The average Bonchev–Trinajstić information content (AvgIpc) is 3.30. The van der Waals surface area contributed by atoms with Crippen LogP contribution in [0.4, 0.5) is 10.5 Å². The fourth-order valence-electron chi connectivity index (χ4n) is 3.77. The average molecular weight is 382 g/mol. The summed E-state index contributed by atoms with van der Waals surface area (Å²) in [6.07, 6.45) is 0.937. The van der Waals surface area contributed by atoms with Crippen molar-refractivity contribution in [3.8, 4) is 0 Å². The number of benzene rings is 2. The lowest BCUT2D eigenvalue weighted by Crippen LogP contribution is -2.42. The number of amides is 1. The predicted molar refractivity (Wildman–Crippen MR) is 106 cm³/mol. The maximum absolute atomic E-state index is 12.1. The van der Waals surface area contributed by atoms with Crippen molar-refractivity contribution in [3.63, 3.8) is 0 Å². The van der Waals surface area contributed by atoms with Gasteiger partial charge in [-0.15, -0.1) is 0 Å². The molecule has 6 nitrogen and oxygen atoms in total. The molecular formula is C22H26N2O4. The van der Waals surface area contributed by atoms with E-state index in [4.69, 9.17) is 14.2 Å². The molecule has 2 aliphatic heterocycles. The molecule has 2 fully saturated rings. The molecule has 2 saturated heterocycles. The van der Waals surface area contributed by atoms with E-state index >= 15 is 0 Å². The summed E-state index contributed by atoms with van der Waals surface area (Å²) >= 11 is 0. The second kappa shape index (κ2) is 9.19. The van der Waals surface area contributed by atoms with Gasteiger partial charge >= 0.3 is 6.09 Å². The monoisotopic (exact) mass is 382 g/mol.